The van der Waals surface area contributed by atoms with Crippen LogP contribution in [0.4, 0.5) is 20.2 Å². The van der Waals surface area contributed by atoms with Gasteiger partial charge in [-0.25, -0.2) is 8.78 Å². The molecule has 0 saturated heterocycles. The third-order valence-corrected chi connectivity index (χ3v) is 2.61. The van der Waals surface area contributed by atoms with E-state index in [2.05, 4.69) is 15.6 Å². The van der Waals surface area contributed by atoms with Gasteiger partial charge in [-0.05, 0) is 25.1 Å². The van der Waals surface area contributed by atoms with Crippen molar-refractivity contribution in [1.29, 1.82) is 0 Å². The number of rotatable bonds is 4. The maximum absolute atomic E-state index is 13.5. The Balaban J connectivity index is 2.26. The summed E-state index contributed by atoms with van der Waals surface area (Å²) >= 11 is 0. The highest BCUT2D eigenvalue weighted by molar-refractivity contribution is 6.07. The van der Waals surface area contributed by atoms with E-state index in [1.807, 2.05) is 6.92 Å². The van der Waals surface area contributed by atoms with Crippen LogP contribution in [0.2, 0.25) is 0 Å². The first kappa shape index (κ1) is 13.9. The van der Waals surface area contributed by atoms with Crippen molar-refractivity contribution in [3.8, 4) is 0 Å². The Hall–Kier alpha value is -2.50. The first-order chi connectivity index (χ1) is 9.61. The van der Waals surface area contributed by atoms with Crippen molar-refractivity contribution < 1.29 is 13.6 Å². The molecule has 1 amide bonds. The van der Waals surface area contributed by atoms with Gasteiger partial charge in [0.15, 0.2) is 0 Å². The predicted molar refractivity (Wildman–Crippen MR) is 72.7 cm³/mol. The second kappa shape index (κ2) is 6.10. The molecular formula is C14H13F2N3O. The zero-order valence-electron chi connectivity index (χ0n) is 10.8. The van der Waals surface area contributed by atoms with Crippen LogP contribution < -0.4 is 10.6 Å². The lowest BCUT2D eigenvalue weighted by Crippen LogP contribution is -2.16. The van der Waals surface area contributed by atoms with Crippen molar-refractivity contribution in [3.63, 3.8) is 0 Å². The number of anilines is 2. The molecule has 2 rings (SSSR count). The summed E-state index contributed by atoms with van der Waals surface area (Å²) in [7, 11) is 0. The molecule has 2 N–H and O–H groups in total. The molecule has 2 aromatic rings. The highest BCUT2D eigenvalue weighted by Gasteiger charge is 2.13. The third kappa shape index (κ3) is 3.09. The smallest absolute Gasteiger partial charge is 0.257 e. The fourth-order valence-corrected chi connectivity index (χ4v) is 1.71. The number of hydrogen-bond donors (Lipinski definition) is 2. The van der Waals surface area contributed by atoms with Crippen LogP contribution >= 0.6 is 0 Å². The quantitative estimate of drug-likeness (QED) is 0.903. The van der Waals surface area contributed by atoms with E-state index < -0.39 is 17.5 Å². The van der Waals surface area contributed by atoms with Crippen molar-refractivity contribution >= 4 is 17.3 Å². The second-order valence-electron chi connectivity index (χ2n) is 4.03. The number of aromatic nitrogens is 1. The van der Waals surface area contributed by atoms with Gasteiger partial charge in [-0.15, -0.1) is 0 Å². The SMILES string of the molecule is CCNc1cnccc1C(=O)Nc1cc(F)ccc1F. The Morgan fingerprint density at radius 1 is 1.25 bits per heavy atom. The Bertz CT molecular complexity index is 632. The molecule has 0 aliphatic heterocycles. The minimum atomic E-state index is -0.696. The molecule has 104 valence electrons. The average molecular weight is 277 g/mol. The van der Waals surface area contributed by atoms with Crippen molar-refractivity contribution in [2.45, 2.75) is 6.92 Å². The third-order valence-electron chi connectivity index (χ3n) is 2.61. The molecule has 0 bridgehead atoms. The summed E-state index contributed by atoms with van der Waals surface area (Å²) in [4.78, 5) is 16.0. The molecular weight excluding hydrogens is 264 g/mol. The molecule has 0 unspecified atom stereocenters. The zero-order chi connectivity index (χ0) is 14.5. The van der Waals surface area contributed by atoms with Gasteiger partial charge in [0.05, 0.1) is 23.1 Å². The molecule has 1 aromatic heterocycles. The van der Waals surface area contributed by atoms with E-state index in [9.17, 15) is 13.6 Å². The lowest BCUT2D eigenvalue weighted by atomic mass is 10.2. The number of carbonyl (C=O) groups is 1. The maximum Gasteiger partial charge on any atom is 0.257 e. The van der Waals surface area contributed by atoms with E-state index in [0.717, 1.165) is 18.2 Å². The van der Waals surface area contributed by atoms with Crippen molar-refractivity contribution in [1.82, 2.24) is 4.98 Å². The monoisotopic (exact) mass is 277 g/mol. The van der Waals surface area contributed by atoms with Crippen LogP contribution in [0.1, 0.15) is 17.3 Å². The molecule has 0 aliphatic rings. The molecule has 0 fully saturated rings. The second-order valence-corrected chi connectivity index (χ2v) is 4.03. The number of amides is 1. The molecule has 20 heavy (non-hydrogen) atoms. The molecule has 1 heterocycles. The number of pyridine rings is 1. The average Bonchev–Trinajstić information content (AvgIpc) is 2.44. The summed E-state index contributed by atoms with van der Waals surface area (Å²) in [5.41, 5.74) is 0.643. The highest BCUT2D eigenvalue weighted by atomic mass is 19.1. The summed E-state index contributed by atoms with van der Waals surface area (Å²) in [6.07, 6.45) is 2.96. The summed E-state index contributed by atoms with van der Waals surface area (Å²) in [6, 6.07) is 4.38. The fourth-order valence-electron chi connectivity index (χ4n) is 1.71. The molecule has 4 nitrogen and oxygen atoms in total. The first-order valence-electron chi connectivity index (χ1n) is 6.06. The number of nitrogens with zero attached hydrogens (tertiary/aromatic N) is 1. The van der Waals surface area contributed by atoms with Crippen LogP contribution in [-0.2, 0) is 0 Å². The highest BCUT2D eigenvalue weighted by Crippen LogP contribution is 2.19. The van der Waals surface area contributed by atoms with Gasteiger partial charge in [0.1, 0.15) is 11.6 Å². The lowest BCUT2D eigenvalue weighted by molar-refractivity contribution is 0.102. The number of benzene rings is 1. The number of carbonyl (C=O) groups excluding carboxylic acids is 1. The summed E-state index contributed by atoms with van der Waals surface area (Å²) in [6.45, 7) is 2.49. The van der Waals surface area contributed by atoms with Crippen molar-refractivity contribution in [2.75, 3.05) is 17.2 Å². The van der Waals surface area contributed by atoms with Crippen LogP contribution in [0.25, 0.3) is 0 Å². The molecule has 6 heteroatoms. The van der Waals surface area contributed by atoms with Gasteiger partial charge in [0.2, 0.25) is 0 Å². The topological polar surface area (TPSA) is 54.0 Å². The first-order valence-corrected chi connectivity index (χ1v) is 6.06. The summed E-state index contributed by atoms with van der Waals surface area (Å²) in [5, 5.41) is 5.32. The maximum atomic E-state index is 13.5. The molecule has 1 aromatic carbocycles. The summed E-state index contributed by atoms with van der Waals surface area (Å²) in [5.74, 6) is -1.85. The van der Waals surface area contributed by atoms with Crippen LogP contribution in [0, 0.1) is 11.6 Å². The Morgan fingerprint density at radius 2 is 2.05 bits per heavy atom. The normalized spacial score (nSPS) is 10.2. The lowest BCUT2D eigenvalue weighted by Gasteiger charge is -2.11. The Labute approximate surface area is 114 Å². The van der Waals surface area contributed by atoms with Crippen LogP contribution in [0.15, 0.2) is 36.7 Å². The molecule has 0 radical (unpaired) electrons. The minimum Gasteiger partial charge on any atom is -0.383 e. The van der Waals surface area contributed by atoms with Gasteiger partial charge in [-0.3, -0.25) is 9.78 Å². The fraction of sp³-hybridized carbons (Fsp3) is 0.143. The van der Waals surface area contributed by atoms with Gasteiger partial charge >= 0.3 is 0 Å². The minimum absolute atomic E-state index is 0.200. The zero-order valence-corrected chi connectivity index (χ0v) is 10.8. The van der Waals surface area contributed by atoms with Gasteiger partial charge in [0, 0.05) is 18.8 Å². The Morgan fingerprint density at radius 3 is 2.80 bits per heavy atom. The van der Waals surface area contributed by atoms with E-state index >= 15 is 0 Å². The van der Waals surface area contributed by atoms with E-state index in [4.69, 9.17) is 0 Å². The number of halogens is 2. The standard InChI is InChI=1S/C14H13F2N3O/c1-2-18-13-8-17-6-5-10(13)14(20)19-12-7-9(15)3-4-11(12)16/h3-8,18H,2H2,1H3,(H,19,20). The number of nitrogens with one attached hydrogen (secondary N) is 2. The molecule has 0 atom stereocenters. The predicted octanol–water partition coefficient (Wildman–Crippen LogP) is 3.04. The summed E-state index contributed by atoms with van der Waals surface area (Å²) < 4.78 is 26.5. The van der Waals surface area contributed by atoms with E-state index in [-0.39, 0.29) is 5.69 Å². The largest absolute Gasteiger partial charge is 0.383 e. The van der Waals surface area contributed by atoms with Crippen LogP contribution in [0.3, 0.4) is 0 Å². The van der Waals surface area contributed by atoms with Gasteiger partial charge < -0.3 is 10.6 Å². The van der Waals surface area contributed by atoms with Crippen molar-refractivity contribution in [2.24, 2.45) is 0 Å². The van der Waals surface area contributed by atoms with E-state index in [1.54, 1.807) is 0 Å². The molecule has 0 aliphatic carbocycles. The van der Waals surface area contributed by atoms with Crippen LogP contribution in [0.5, 0.6) is 0 Å². The van der Waals surface area contributed by atoms with Gasteiger partial charge in [-0.1, -0.05) is 0 Å². The van der Waals surface area contributed by atoms with Gasteiger partial charge in [0.25, 0.3) is 5.91 Å². The van der Waals surface area contributed by atoms with E-state index in [1.165, 1.54) is 18.5 Å². The van der Waals surface area contributed by atoms with Crippen molar-refractivity contribution in [3.05, 3.63) is 53.9 Å². The molecule has 0 saturated carbocycles. The van der Waals surface area contributed by atoms with Crippen LogP contribution in [-0.4, -0.2) is 17.4 Å². The van der Waals surface area contributed by atoms with Gasteiger partial charge in [-0.2, -0.15) is 0 Å². The number of hydrogen-bond acceptors (Lipinski definition) is 3. The molecule has 0 spiro atoms. The van der Waals surface area contributed by atoms with E-state index in [0.29, 0.717) is 17.8 Å². The Kier molecular flexibility index (Phi) is 4.24.